The Hall–Kier alpha value is -2.64. The van der Waals surface area contributed by atoms with Crippen molar-refractivity contribution in [2.45, 2.75) is 27.2 Å². The van der Waals surface area contributed by atoms with E-state index in [1.807, 2.05) is 47.8 Å². The maximum atomic E-state index is 13.0. The number of anilines is 1. The number of fused-ring (bicyclic) bond motifs is 1. The zero-order valence-corrected chi connectivity index (χ0v) is 17.5. The Kier molecular flexibility index (Phi) is 4.95. The maximum Gasteiger partial charge on any atom is 0.258 e. The fourth-order valence-electron chi connectivity index (χ4n) is 2.91. The fraction of sp³-hybridized carbons (Fsp3) is 0.238. The molecule has 0 aliphatic carbocycles. The van der Waals surface area contributed by atoms with Gasteiger partial charge in [-0.05, 0) is 29.0 Å². The molecule has 142 valence electrons. The lowest BCUT2D eigenvalue weighted by atomic mass is 9.93. The molecule has 0 aliphatic heterocycles. The summed E-state index contributed by atoms with van der Waals surface area (Å²) in [6.45, 7) is 6.46. The number of rotatable bonds is 4. The minimum atomic E-state index is -0.199. The van der Waals surface area contributed by atoms with Gasteiger partial charge in [0.15, 0.2) is 0 Å². The summed E-state index contributed by atoms with van der Waals surface area (Å²) in [5.74, 6) is -0.199. The van der Waals surface area contributed by atoms with Crippen LogP contribution in [-0.4, -0.2) is 21.1 Å². The smallest absolute Gasteiger partial charge is 0.258 e. The number of hydrogen-bond acceptors (Lipinski definition) is 6. The van der Waals surface area contributed by atoms with Gasteiger partial charge >= 0.3 is 0 Å². The van der Waals surface area contributed by atoms with Gasteiger partial charge in [0, 0.05) is 11.8 Å². The summed E-state index contributed by atoms with van der Waals surface area (Å²) in [6.07, 6.45) is 0.821. The van der Waals surface area contributed by atoms with Crippen LogP contribution < -0.4 is 5.32 Å². The van der Waals surface area contributed by atoms with Crippen molar-refractivity contribution in [3.63, 3.8) is 0 Å². The Morgan fingerprint density at radius 2 is 1.93 bits per heavy atom. The molecule has 3 aromatic heterocycles. The van der Waals surface area contributed by atoms with Crippen LogP contribution in [0.5, 0.6) is 0 Å². The van der Waals surface area contributed by atoms with Crippen LogP contribution >= 0.6 is 22.7 Å². The van der Waals surface area contributed by atoms with Gasteiger partial charge in [0.05, 0.1) is 21.7 Å². The van der Waals surface area contributed by atoms with Crippen molar-refractivity contribution in [1.82, 2.24) is 15.2 Å². The van der Waals surface area contributed by atoms with Crippen molar-refractivity contribution in [1.29, 1.82) is 0 Å². The van der Waals surface area contributed by atoms with E-state index in [0.717, 1.165) is 32.9 Å². The summed E-state index contributed by atoms with van der Waals surface area (Å²) in [4.78, 5) is 18.8. The van der Waals surface area contributed by atoms with E-state index in [4.69, 9.17) is 4.98 Å². The van der Waals surface area contributed by atoms with Gasteiger partial charge in [-0.25, -0.2) is 4.98 Å². The number of amides is 1. The molecule has 4 aromatic rings. The van der Waals surface area contributed by atoms with Crippen LogP contribution in [0.1, 0.15) is 36.1 Å². The first kappa shape index (κ1) is 18.7. The number of thiophene rings is 1. The number of carbonyl (C=O) groups is 1. The monoisotopic (exact) mass is 408 g/mol. The number of nitrogens with zero attached hydrogens (tertiary/aromatic N) is 3. The number of hydrogen-bond donors (Lipinski definition) is 1. The molecule has 0 saturated carbocycles. The van der Waals surface area contributed by atoms with E-state index >= 15 is 0 Å². The topological polar surface area (TPSA) is 67.8 Å². The van der Waals surface area contributed by atoms with E-state index in [2.05, 4.69) is 36.3 Å². The van der Waals surface area contributed by atoms with Crippen molar-refractivity contribution in [2.24, 2.45) is 5.41 Å². The standard InChI is InChI=1S/C21H20N4OS2/c1-21(2,3)12-18-24-25-20(28-18)23-19(26)14-11-16(17-9-6-10-27-17)22-15-8-5-4-7-13(14)15/h4-11H,12H2,1-3H3,(H,23,25,26). The Bertz CT molecular complexity index is 1130. The maximum absolute atomic E-state index is 13.0. The third kappa shape index (κ3) is 4.10. The van der Waals surface area contributed by atoms with Crippen molar-refractivity contribution in [3.8, 4) is 10.6 Å². The first-order valence-electron chi connectivity index (χ1n) is 8.96. The number of aromatic nitrogens is 3. The Balaban J connectivity index is 1.67. The van der Waals surface area contributed by atoms with Gasteiger partial charge in [0.1, 0.15) is 5.01 Å². The van der Waals surface area contributed by atoms with Gasteiger partial charge in [-0.3, -0.25) is 10.1 Å². The number of nitrogens with one attached hydrogen (secondary N) is 1. The molecular formula is C21H20N4OS2. The summed E-state index contributed by atoms with van der Waals surface area (Å²) >= 11 is 3.03. The lowest BCUT2D eigenvalue weighted by Crippen LogP contribution is -2.13. The number of benzene rings is 1. The van der Waals surface area contributed by atoms with Crippen LogP contribution in [0.15, 0.2) is 47.8 Å². The predicted molar refractivity (Wildman–Crippen MR) is 116 cm³/mol. The molecule has 5 nitrogen and oxygen atoms in total. The van der Waals surface area contributed by atoms with Crippen LogP contribution in [0.4, 0.5) is 5.13 Å². The van der Waals surface area contributed by atoms with Gasteiger partial charge in [0.25, 0.3) is 5.91 Å². The highest BCUT2D eigenvalue weighted by atomic mass is 32.1. The van der Waals surface area contributed by atoms with Crippen molar-refractivity contribution in [3.05, 3.63) is 58.4 Å². The zero-order chi connectivity index (χ0) is 19.7. The molecule has 0 radical (unpaired) electrons. The lowest BCUT2D eigenvalue weighted by molar-refractivity contribution is 0.102. The van der Waals surface area contributed by atoms with Crippen molar-refractivity contribution < 1.29 is 4.79 Å². The molecule has 0 unspecified atom stereocenters. The van der Waals surface area contributed by atoms with Crippen LogP contribution in [0.25, 0.3) is 21.5 Å². The summed E-state index contributed by atoms with van der Waals surface area (Å²) in [5.41, 5.74) is 2.30. The molecule has 28 heavy (non-hydrogen) atoms. The molecule has 1 aromatic carbocycles. The molecule has 1 amide bonds. The van der Waals surface area contributed by atoms with Gasteiger partial charge in [-0.15, -0.1) is 21.5 Å². The second kappa shape index (κ2) is 7.41. The summed E-state index contributed by atoms with van der Waals surface area (Å²) in [6, 6.07) is 13.5. The van der Waals surface area contributed by atoms with E-state index in [1.54, 1.807) is 11.3 Å². The lowest BCUT2D eigenvalue weighted by Gasteiger charge is -2.14. The summed E-state index contributed by atoms with van der Waals surface area (Å²) in [7, 11) is 0. The van der Waals surface area contributed by atoms with Gasteiger partial charge in [-0.2, -0.15) is 0 Å². The van der Waals surface area contributed by atoms with Crippen molar-refractivity contribution in [2.75, 3.05) is 5.32 Å². The van der Waals surface area contributed by atoms with E-state index in [0.29, 0.717) is 10.7 Å². The largest absolute Gasteiger partial charge is 0.296 e. The van der Waals surface area contributed by atoms with Gasteiger partial charge in [-0.1, -0.05) is 56.4 Å². The van der Waals surface area contributed by atoms with E-state index < -0.39 is 0 Å². The highest BCUT2D eigenvalue weighted by Gasteiger charge is 2.18. The highest BCUT2D eigenvalue weighted by Crippen LogP contribution is 2.29. The van der Waals surface area contributed by atoms with E-state index in [-0.39, 0.29) is 11.3 Å². The molecule has 1 N–H and O–H groups in total. The van der Waals surface area contributed by atoms with E-state index in [1.165, 1.54) is 11.3 Å². The fourth-order valence-corrected chi connectivity index (χ4v) is 4.63. The molecule has 0 saturated heterocycles. The van der Waals surface area contributed by atoms with E-state index in [9.17, 15) is 4.79 Å². The molecular weight excluding hydrogens is 388 g/mol. The molecule has 0 bridgehead atoms. The molecule has 0 aliphatic rings. The normalized spacial score (nSPS) is 11.7. The average Bonchev–Trinajstić information content (AvgIpc) is 3.31. The first-order valence-corrected chi connectivity index (χ1v) is 10.7. The van der Waals surface area contributed by atoms with Crippen LogP contribution in [0, 0.1) is 5.41 Å². The highest BCUT2D eigenvalue weighted by molar-refractivity contribution is 7.15. The van der Waals surface area contributed by atoms with Gasteiger partial charge in [0.2, 0.25) is 5.13 Å². The molecule has 4 rings (SSSR count). The third-order valence-corrected chi connectivity index (χ3v) is 5.83. The SMILES string of the molecule is CC(C)(C)Cc1nnc(NC(=O)c2cc(-c3cccs3)nc3ccccc23)s1. The third-order valence-electron chi connectivity index (χ3n) is 4.10. The summed E-state index contributed by atoms with van der Waals surface area (Å²) in [5, 5.41) is 15.5. The van der Waals surface area contributed by atoms with Crippen LogP contribution in [0.3, 0.4) is 0 Å². The second-order valence-electron chi connectivity index (χ2n) is 7.74. The molecule has 0 atom stereocenters. The minimum absolute atomic E-state index is 0.123. The average molecular weight is 409 g/mol. The Morgan fingerprint density at radius 3 is 2.68 bits per heavy atom. The number of pyridine rings is 1. The second-order valence-corrected chi connectivity index (χ2v) is 9.75. The van der Waals surface area contributed by atoms with Crippen LogP contribution in [-0.2, 0) is 6.42 Å². The molecule has 7 heteroatoms. The van der Waals surface area contributed by atoms with Crippen molar-refractivity contribution >= 4 is 44.6 Å². The number of carbonyl (C=O) groups excluding carboxylic acids is 1. The first-order chi connectivity index (χ1) is 13.4. The quantitative estimate of drug-likeness (QED) is 0.473. The van der Waals surface area contributed by atoms with Crippen LogP contribution in [0.2, 0.25) is 0 Å². The Labute approximate surface area is 171 Å². The van der Waals surface area contributed by atoms with Gasteiger partial charge < -0.3 is 0 Å². The minimum Gasteiger partial charge on any atom is -0.296 e. The number of para-hydroxylation sites is 1. The Morgan fingerprint density at radius 1 is 1.11 bits per heavy atom. The zero-order valence-electron chi connectivity index (χ0n) is 15.9. The predicted octanol–water partition coefficient (Wildman–Crippen LogP) is 5.66. The molecule has 0 fully saturated rings. The summed E-state index contributed by atoms with van der Waals surface area (Å²) < 4.78 is 0. The molecule has 3 heterocycles. The molecule has 0 spiro atoms.